The van der Waals surface area contributed by atoms with E-state index in [4.69, 9.17) is 16.3 Å². The third-order valence-corrected chi connectivity index (χ3v) is 3.71. The van der Waals surface area contributed by atoms with Gasteiger partial charge in [0.15, 0.2) is 0 Å². The number of amides is 2. The summed E-state index contributed by atoms with van der Waals surface area (Å²) in [5.41, 5.74) is 1.36. The number of rotatable bonds is 8. The highest BCUT2D eigenvalue weighted by Crippen LogP contribution is 2.15. The molecule has 0 radical (unpaired) electrons. The zero-order chi connectivity index (χ0) is 18.9. The number of hydrogen-bond donors (Lipinski definition) is 2. The Morgan fingerprint density at radius 2 is 1.58 bits per heavy atom. The number of nitrogens with zero attached hydrogens (tertiary/aromatic N) is 1. The van der Waals surface area contributed by atoms with E-state index in [1.165, 1.54) is 6.92 Å². The van der Waals surface area contributed by atoms with Gasteiger partial charge in [0.05, 0.1) is 6.54 Å². The van der Waals surface area contributed by atoms with Crippen molar-refractivity contribution in [3.05, 3.63) is 53.6 Å². The van der Waals surface area contributed by atoms with E-state index in [0.29, 0.717) is 29.5 Å². The van der Waals surface area contributed by atoms with E-state index in [1.54, 1.807) is 48.5 Å². The minimum atomic E-state index is -0.135. The Labute approximate surface area is 158 Å². The molecular weight excluding hydrogens is 354 g/mol. The molecular formula is C19H22ClN3O3. The summed E-state index contributed by atoms with van der Waals surface area (Å²) in [4.78, 5) is 24.9. The van der Waals surface area contributed by atoms with Crippen LogP contribution in [0.15, 0.2) is 48.5 Å². The molecule has 0 saturated heterocycles. The second-order valence-electron chi connectivity index (χ2n) is 5.85. The van der Waals surface area contributed by atoms with Crippen molar-refractivity contribution in [1.82, 2.24) is 4.90 Å². The zero-order valence-corrected chi connectivity index (χ0v) is 15.5. The Morgan fingerprint density at radius 1 is 1.00 bits per heavy atom. The van der Waals surface area contributed by atoms with Gasteiger partial charge in [-0.1, -0.05) is 11.6 Å². The summed E-state index contributed by atoms with van der Waals surface area (Å²) in [5.74, 6) is 0.488. The number of halogens is 1. The molecule has 2 aromatic rings. The lowest BCUT2D eigenvalue weighted by molar-refractivity contribution is -0.117. The monoisotopic (exact) mass is 375 g/mol. The van der Waals surface area contributed by atoms with E-state index in [9.17, 15) is 9.59 Å². The number of benzene rings is 2. The van der Waals surface area contributed by atoms with Gasteiger partial charge in [0.25, 0.3) is 0 Å². The first-order chi connectivity index (χ1) is 12.4. The first kappa shape index (κ1) is 19.8. The molecule has 2 N–H and O–H groups in total. The van der Waals surface area contributed by atoms with Crippen molar-refractivity contribution >= 4 is 34.8 Å². The van der Waals surface area contributed by atoms with Crippen LogP contribution in [0.2, 0.25) is 5.02 Å². The van der Waals surface area contributed by atoms with E-state index in [2.05, 4.69) is 10.6 Å². The maximum Gasteiger partial charge on any atom is 0.238 e. The van der Waals surface area contributed by atoms with Crippen LogP contribution in [0, 0.1) is 0 Å². The Bertz CT molecular complexity index is 733. The molecule has 0 heterocycles. The van der Waals surface area contributed by atoms with Gasteiger partial charge in [0, 0.05) is 29.9 Å². The highest BCUT2D eigenvalue weighted by molar-refractivity contribution is 6.30. The summed E-state index contributed by atoms with van der Waals surface area (Å²) in [7, 11) is 1.85. The van der Waals surface area contributed by atoms with Crippen LogP contribution in [-0.2, 0) is 9.59 Å². The minimum Gasteiger partial charge on any atom is -0.492 e. The molecule has 0 fully saturated rings. The lowest BCUT2D eigenvalue weighted by atomic mass is 10.2. The lowest BCUT2D eigenvalue weighted by Crippen LogP contribution is -2.33. The quantitative estimate of drug-likeness (QED) is 0.743. The lowest BCUT2D eigenvalue weighted by Gasteiger charge is -2.16. The molecule has 7 heteroatoms. The maximum atomic E-state index is 12.1. The number of hydrogen-bond acceptors (Lipinski definition) is 4. The van der Waals surface area contributed by atoms with Gasteiger partial charge in [-0.15, -0.1) is 0 Å². The number of carbonyl (C=O) groups excluding carboxylic acids is 2. The topological polar surface area (TPSA) is 70.7 Å². The van der Waals surface area contributed by atoms with E-state index >= 15 is 0 Å². The van der Waals surface area contributed by atoms with E-state index in [0.717, 1.165) is 5.75 Å². The first-order valence-electron chi connectivity index (χ1n) is 8.17. The second kappa shape index (κ2) is 9.79. The smallest absolute Gasteiger partial charge is 0.238 e. The van der Waals surface area contributed by atoms with Crippen molar-refractivity contribution in [3.8, 4) is 5.75 Å². The molecule has 0 aromatic heterocycles. The summed E-state index contributed by atoms with van der Waals surface area (Å²) < 4.78 is 5.61. The third kappa shape index (κ3) is 7.13. The van der Waals surface area contributed by atoms with Crippen molar-refractivity contribution in [1.29, 1.82) is 0 Å². The van der Waals surface area contributed by atoms with Crippen molar-refractivity contribution in [3.63, 3.8) is 0 Å². The molecule has 138 valence electrons. The maximum absolute atomic E-state index is 12.1. The van der Waals surface area contributed by atoms with Gasteiger partial charge in [-0.25, -0.2) is 0 Å². The Hall–Kier alpha value is -2.57. The second-order valence-corrected chi connectivity index (χ2v) is 6.28. The molecule has 0 aliphatic heterocycles. The largest absolute Gasteiger partial charge is 0.492 e. The summed E-state index contributed by atoms with van der Waals surface area (Å²) in [6.07, 6.45) is 0. The zero-order valence-electron chi connectivity index (χ0n) is 14.8. The first-order valence-corrected chi connectivity index (χ1v) is 8.54. The van der Waals surface area contributed by atoms with Crippen LogP contribution in [0.5, 0.6) is 5.75 Å². The molecule has 6 nitrogen and oxygen atoms in total. The summed E-state index contributed by atoms with van der Waals surface area (Å²) in [6, 6.07) is 14.1. The van der Waals surface area contributed by atoms with E-state index < -0.39 is 0 Å². The number of carbonyl (C=O) groups is 2. The molecule has 0 atom stereocenters. The SMILES string of the molecule is CC(=O)Nc1ccc(NC(=O)CN(C)CCOc2ccc(Cl)cc2)cc1. The van der Waals surface area contributed by atoms with Crippen LogP contribution in [0.3, 0.4) is 0 Å². The van der Waals surface area contributed by atoms with Crippen molar-refractivity contribution < 1.29 is 14.3 Å². The normalized spacial score (nSPS) is 10.5. The van der Waals surface area contributed by atoms with Crippen LogP contribution in [0.1, 0.15) is 6.92 Å². The fourth-order valence-corrected chi connectivity index (χ4v) is 2.34. The number of anilines is 2. The predicted molar refractivity (Wildman–Crippen MR) is 104 cm³/mol. The molecule has 0 aliphatic rings. The van der Waals surface area contributed by atoms with Gasteiger partial charge in [0.2, 0.25) is 11.8 Å². The molecule has 0 spiro atoms. The number of nitrogens with one attached hydrogen (secondary N) is 2. The molecule has 0 unspecified atom stereocenters. The summed E-state index contributed by atoms with van der Waals surface area (Å²) in [6.45, 7) is 2.77. The van der Waals surface area contributed by atoms with E-state index in [-0.39, 0.29) is 18.4 Å². The van der Waals surface area contributed by atoms with Crippen molar-refractivity contribution in [2.24, 2.45) is 0 Å². The molecule has 2 rings (SSSR count). The highest BCUT2D eigenvalue weighted by Gasteiger charge is 2.07. The van der Waals surface area contributed by atoms with Gasteiger partial charge in [-0.05, 0) is 55.6 Å². The minimum absolute atomic E-state index is 0.119. The van der Waals surface area contributed by atoms with Crippen LogP contribution >= 0.6 is 11.6 Å². The molecule has 0 saturated carbocycles. The highest BCUT2D eigenvalue weighted by atomic mass is 35.5. The standard InChI is InChI=1S/C19H22ClN3O3/c1-14(24)21-16-5-7-17(8-6-16)22-19(25)13-23(2)11-12-26-18-9-3-15(20)4-10-18/h3-10H,11-13H2,1-2H3,(H,21,24)(H,22,25). The molecule has 2 aromatic carbocycles. The molecule has 0 aliphatic carbocycles. The number of ether oxygens (including phenoxy) is 1. The fraction of sp³-hybridized carbons (Fsp3) is 0.263. The van der Waals surface area contributed by atoms with Gasteiger partial charge >= 0.3 is 0 Å². The van der Waals surface area contributed by atoms with Gasteiger partial charge < -0.3 is 15.4 Å². The molecule has 0 bridgehead atoms. The van der Waals surface area contributed by atoms with E-state index in [1.807, 2.05) is 11.9 Å². The average molecular weight is 376 g/mol. The predicted octanol–water partition coefficient (Wildman–Crippen LogP) is 3.25. The summed E-state index contributed by atoms with van der Waals surface area (Å²) in [5, 5.41) is 6.16. The van der Waals surface area contributed by atoms with Crippen LogP contribution in [-0.4, -0.2) is 43.5 Å². The van der Waals surface area contributed by atoms with Gasteiger partial charge in [0.1, 0.15) is 12.4 Å². The number of likely N-dealkylation sites (N-methyl/N-ethyl adjacent to an activating group) is 1. The van der Waals surface area contributed by atoms with Crippen molar-refractivity contribution in [2.75, 3.05) is 37.4 Å². The van der Waals surface area contributed by atoms with Crippen molar-refractivity contribution in [2.45, 2.75) is 6.92 Å². The van der Waals surface area contributed by atoms with Gasteiger partial charge in [-0.2, -0.15) is 0 Å². The van der Waals surface area contributed by atoms with Gasteiger partial charge in [-0.3, -0.25) is 14.5 Å². The summed E-state index contributed by atoms with van der Waals surface area (Å²) >= 11 is 5.82. The van der Waals surface area contributed by atoms with Crippen LogP contribution < -0.4 is 15.4 Å². The molecule has 2 amide bonds. The fourth-order valence-electron chi connectivity index (χ4n) is 2.22. The third-order valence-electron chi connectivity index (χ3n) is 3.46. The Morgan fingerprint density at radius 3 is 2.15 bits per heavy atom. The Kier molecular flexibility index (Phi) is 7.44. The van der Waals surface area contributed by atoms with Crippen LogP contribution in [0.25, 0.3) is 0 Å². The average Bonchev–Trinajstić information content (AvgIpc) is 2.58. The van der Waals surface area contributed by atoms with Crippen LogP contribution in [0.4, 0.5) is 11.4 Å². The molecule has 26 heavy (non-hydrogen) atoms. The Balaban J connectivity index is 1.71.